The molecule has 0 fully saturated rings. The maximum atomic E-state index is 4.42. The Morgan fingerprint density at radius 3 is 2.72 bits per heavy atom. The summed E-state index contributed by atoms with van der Waals surface area (Å²) >= 11 is 0. The van der Waals surface area contributed by atoms with E-state index in [-0.39, 0.29) is 0 Å². The maximum Gasteiger partial charge on any atom is 0.0682 e. The van der Waals surface area contributed by atoms with Gasteiger partial charge in [-0.25, -0.2) is 0 Å². The van der Waals surface area contributed by atoms with E-state index in [1.165, 1.54) is 17.3 Å². The summed E-state index contributed by atoms with van der Waals surface area (Å²) in [4.78, 5) is 0. The van der Waals surface area contributed by atoms with Crippen LogP contribution in [0.3, 0.4) is 0 Å². The zero-order valence-electron chi connectivity index (χ0n) is 11.6. The highest BCUT2D eigenvalue weighted by atomic mass is 15.3. The number of nitrogens with one attached hydrogen (secondary N) is 1. The minimum Gasteiger partial charge on any atom is -0.315 e. The van der Waals surface area contributed by atoms with Crippen LogP contribution in [0.2, 0.25) is 0 Å². The normalized spacial score (nSPS) is 12.2. The molecule has 2 rings (SSSR count). The van der Waals surface area contributed by atoms with Crippen molar-refractivity contribution in [2.45, 2.75) is 33.7 Å². The van der Waals surface area contributed by atoms with Crippen LogP contribution >= 0.6 is 0 Å². The molecule has 1 N–H and O–H groups in total. The Balaban J connectivity index is 1.80. The van der Waals surface area contributed by atoms with Gasteiger partial charge in [0, 0.05) is 11.9 Å². The van der Waals surface area contributed by atoms with Crippen molar-refractivity contribution >= 4 is 10.9 Å². The molecule has 3 nitrogen and oxygen atoms in total. The van der Waals surface area contributed by atoms with Crippen LogP contribution in [-0.2, 0) is 6.54 Å². The minimum atomic E-state index is 0.408. The summed E-state index contributed by atoms with van der Waals surface area (Å²) in [6.45, 7) is 9.79. The highest BCUT2D eigenvalue weighted by Gasteiger charge is 2.08. The number of hydrogen-bond donors (Lipinski definition) is 1. The molecule has 0 unspecified atom stereocenters. The van der Waals surface area contributed by atoms with Gasteiger partial charge in [0.1, 0.15) is 0 Å². The van der Waals surface area contributed by atoms with Crippen molar-refractivity contribution in [2.24, 2.45) is 5.41 Å². The molecule has 0 amide bonds. The second-order valence-electron chi connectivity index (χ2n) is 5.99. The van der Waals surface area contributed by atoms with Gasteiger partial charge in [-0.3, -0.25) is 4.68 Å². The Morgan fingerprint density at radius 1 is 1.17 bits per heavy atom. The third-order valence-electron chi connectivity index (χ3n) is 3.10. The lowest BCUT2D eigenvalue weighted by Gasteiger charge is -2.18. The lowest BCUT2D eigenvalue weighted by atomic mass is 9.92. The molecule has 0 saturated carbocycles. The topological polar surface area (TPSA) is 29.9 Å². The van der Waals surface area contributed by atoms with Crippen molar-refractivity contribution in [1.82, 2.24) is 15.1 Å². The fraction of sp³-hybridized carbons (Fsp3) is 0.533. The Morgan fingerprint density at radius 2 is 1.94 bits per heavy atom. The number of nitrogens with zero attached hydrogens (tertiary/aromatic N) is 2. The zero-order valence-corrected chi connectivity index (χ0v) is 11.6. The summed E-state index contributed by atoms with van der Waals surface area (Å²) in [6, 6.07) is 8.34. The van der Waals surface area contributed by atoms with Crippen LogP contribution in [-0.4, -0.2) is 22.9 Å². The molecule has 0 aliphatic heterocycles. The van der Waals surface area contributed by atoms with Crippen LogP contribution in [0.5, 0.6) is 0 Å². The second kappa shape index (κ2) is 5.53. The van der Waals surface area contributed by atoms with Crippen LogP contribution in [0.4, 0.5) is 0 Å². The molecular formula is C15H23N3. The smallest absolute Gasteiger partial charge is 0.0682 e. The van der Waals surface area contributed by atoms with E-state index in [1.54, 1.807) is 0 Å². The Hall–Kier alpha value is -1.35. The summed E-state index contributed by atoms with van der Waals surface area (Å²) in [7, 11) is 0. The molecule has 0 radical (unpaired) electrons. The van der Waals surface area contributed by atoms with Gasteiger partial charge in [-0.15, -0.1) is 0 Å². The van der Waals surface area contributed by atoms with Crippen molar-refractivity contribution in [3.8, 4) is 0 Å². The Labute approximate surface area is 109 Å². The van der Waals surface area contributed by atoms with Crippen LogP contribution in [0.1, 0.15) is 27.2 Å². The number of rotatable bonds is 5. The number of fused-ring (bicyclic) bond motifs is 1. The zero-order chi connectivity index (χ0) is 13.0. The van der Waals surface area contributed by atoms with Gasteiger partial charge in [-0.05, 0) is 24.4 Å². The van der Waals surface area contributed by atoms with E-state index in [0.29, 0.717) is 5.41 Å². The summed E-state index contributed by atoms with van der Waals surface area (Å²) in [5, 5.41) is 9.12. The van der Waals surface area contributed by atoms with E-state index in [4.69, 9.17) is 0 Å². The van der Waals surface area contributed by atoms with Crippen LogP contribution < -0.4 is 5.32 Å². The molecule has 1 aromatic carbocycles. The predicted octanol–water partition coefficient (Wildman–Crippen LogP) is 3.06. The maximum absolute atomic E-state index is 4.42. The number of para-hydroxylation sites is 1. The fourth-order valence-corrected chi connectivity index (χ4v) is 1.98. The van der Waals surface area contributed by atoms with Crippen LogP contribution in [0, 0.1) is 5.41 Å². The van der Waals surface area contributed by atoms with E-state index in [9.17, 15) is 0 Å². The monoisotopic (exact) mass is 245 g/mol. The lowest BCUT2D eigenvalue weighted by molar-refractivity contribution is 0.364. The van der Waals surface area contributed by atoms with E-state index >= 15 is 0 Å². The van der Waals surface area contributed by atoms with Gasteiger partial charge in [-0.1, -0.05) is 39.0 Å². The molecule has 0 bridgehead atoms. The molecule has 0 atom stereocenters. The molecule has 1 aromatic heterocycles. The number of aromatic nitrogens is 2. The first-order chi connectivity index (χ1) is 8.56. The lowest BCUT2D eigenvalue weighted by Crippen LogP contribution is -2.24. The molecule has 0 aliphatic carbocycles. The Kier molecular flexibility index (Phi) is 4.02. The predicted molar refractivity (Wildman–Crippen MR) is 76.7 cm³/mol. The fourth-order valence-electron chi connectivity index (χ4n) is 1.98. The van der Waals surface area contributed by atoms with Crippen molar-refractivity contribution in [3.05, 3.63) is 30.5 Å². The van der Waals surface area contributed by atoms with Gasteiger partial charge in [0.2, 0.25) is 0 Å². The molecule has 0 spiro atoms. The molecule has 3 heteroatoms. The van der Waals surface area contributed by atoms with Gasteiger partial charge >= 0.3 is 0 Å². The van der Waals surface area contributed by atoms with E-state index in [1.807, 2.05) is 6.20 Å². The second-order valence-corrected chi connectivity index (χ2v) is 5.99. The quantitative estimate of drug-likeness (QED) is 0.820. The van der Waals surface area contributed by atoms with E-state index in [0.717, 1.165) is 19.6 Å². The van der Waals surface area contributed by atoms with Gasteiger partial charge in [-0.2, -0.15) is 5.10 Å². The Bertz CT molecular complexity index is 494. The standard InChI is InChI=1S/C15H23N3/c1-15(2,3)8-9-16-10-11-18-14-7-5-4-6-13(14)12-17-18/h4-7,12,16H,8-11H2,1-3H3. The van der Waals surface area contributed by atoms with E-state index in [2.05, 4.69) is 60.1 Å². The van der Waals surface area contributed by atoms with Gasteiger partial charge in [0.25, 0.3) is 0 Å². The molecule has 0 aliphatic rings. The largest absolute Gasteiger partial charge is 0.315 e. The number of hydrogen-bond acceptors (Lipinski definition) is 2. The molecule has 2 aromatic rings. The van der Waals surface area contributed by atoms with Crippen molar-refractivity contribution in [1.29, 1.82) is 0 Å². The first kappa shape index (κ1) is 13.1. The third-order valence-corrected chi connectivity index (χ3v) is 3.10. The van der Waals surface area contributed by atoms with Gasteiger partial charge < -0.3 is 5.32 Å². The molecular weight excluding hydrogens is 222 g/mol. The first-order valence-electron chi connectivity index (χ1n) is 6.67. The average molecular weight is 245 g/mol. The van der Waals surface area contributed by atoms with Crippen molar-refractivity contribution in [3.63, 3.8) is 0 Å². The molecule has 1 heterocycles. The third kappa shape index (κ3) is 3.57. The minimum absolute atomic E-state index is 0.408. The highest BCUT2D eigenvalue weighted by Crippen LogP contribution is 2.17. The van der Waals surface area contributed by atoms with Crippen molar-refractivity contribution < 1.29 is 0 Å². The van der Waals surface area contributed by atoms with Crippen molar-refractivity contribution in [2.75, 3.05) is 13.1 Å². The first-order valence-corrected chi connectivity index (χ1v) is 6.67. The summed E-state index contributed by atoms with van der Waals surface area (Å²) in [6.07, 6.45) is 3.14. The summed E-state index contributed by atoms with van der Waals surface area (Å²) < 4.78 is 2.07. The van der Waals surface area contributed by atoms with E-state index < -0.39 is 0 Å². The summed E-state index contributed by atoms with van der Waals surface area (Å²) in [5.74, 6) is 0. The van der Waals surface area contributed by atoms with Crippen LogP contribution in [0.15, 0.2) is 30.5 Å². The molecule has 18 heavy (non-hydrogen) atoms. The van der Waals surface area contributed by atoms with Gasteiger partial charge in [0.05, 0.1) is 18.3 Å². The van der Waals surface area contributed by atoms with Gasteiger partial charge in [0.15, 0.2) is 0 Å². The molecule has 0 saturated heterocycles. The number of benzene rings is 1. The van der Waals surface area contributed by atoms with Crippen LogP contribution in [0.25, 0.3) is 10.9 Å². The molecule has 98 valence electrons. The average Bonchev–Trinajstić information content (AvgIpc) is 2.71. The highest BCUT2D eigenvalue weighted by molar-refractivity contribution is 5.78. The summed E-state index contributed by atoms with van der Waals surface area (Å²) in [5.41, 5.74) is 1.63. The SMILES string of the molecule is CC(C)(C)CCNCCn1ncc2ccccc21.